The third-order valence-electron chi connectivity index (χ3n) is 3.16. The fourth-order valence-electron chi connectivity index (χ4n) is 2.07. The van der Waals surface area contributed by atoms with Crippen molar-refractivity contribution in [2.24, 2.45) is 0 Å². The molecule has 0 atom stereocenters. The number of carbonyl (C=O) groups excluding carboxylic acids is 1. The molecule has 0 aliphatic carbocycles. The van der Waals surface area contributed by atoms with Crippen LogP contribution in [0.2, 0.25) is 5.02 Å². The van der Waals surface area contributed by atoms with Gasteiger partial charge in [0.1, 0.15) is 5.00 Å². The molecule has 0 aliphatic rings. The molecule has 6 heteroatoms. The number of halogens is 1. The molecule has 1 amide bonds. The Morgan fingerprint density at radius 1 is 1.13 bits per heavy atom. The number of hydrogen-bond donors (Lipinski definition) is 2. The smallest absolute Gasteiger partial charge is 0.277 e. The highest BCUT2D eigenvalue weighted by Gasteiger charge is 2.15. The van der Waals surface area contributed by atoms with Crippen molar-refractivity contribution in [3.63, 3.8) is 0 Å². The maximum Gasteiger partial charge on any atom is 0.277 e. The predicted molar refractivity (Wildman–Crippen MR) is 95.3 cm³/mol. The van der Waals surface area contributed by atoms with Gasteiger partial charge in [0.05, 0.1) is 5.51 Å². The number of amides is 1. The van der Waals surface area contributed by atoms with Gasteiger partial charge in [-0.15, -0.1) is 11.3 Å². The van der Waals surface area contributed by atoms with E-state index in [1.807, 2.05) is 30.3 Å². The summed E-state index contributed by atoms with van der Waals surface area (Å²) in [7, 11) is 0. The van der Waals surface area contributed by atoms with E-state index in [0.717, 1.165) is 10.6 Å². The molecule has 3 aromatic rings. The molecule has 2 aromatic carbocycles. The van der Waals surface area contributed by atoms with E-state index in [1.54, 1.807) is 29.8 Å². The highest BCUT2D eigenvalue weighted by atomic mass is 35.5. The van der Waals surface area contributed by atoms with Crippen molar-refractivity contribution in [3.8, 4) is 0 Å². The van der Waals surface area contributed by atoms with E-state index in [-0.39, 0.29) is 5.91 Å². The topological polar surface area (TPSA) is 54.0 Å². The summed E-state index contributed by atoms with van der Waals surface area (Å²) in [6, 6.07) is 17.0. The Labute approximate surface area is 143 Å². The molecule has 0 aliphatic heterocycles. The van der Waals surface area contributed by atoms with Gasteiger partial charge in [-0.1, -0.05) is 48.0 Å². The zero-order valence-electron chi connectivity index (χ0n) is 12.1. The lowest BCUT2D eigenvalue weighted by Crippen LogP contribution is -2.14. The molecule has 116 valence electrons. The summed E-state index contributed by atoms with van der Waals surface area (Å²) in [5.74, 6) is -0.260. The van der Waals surface area contributed by atoms with Gasteiger partial charge in [-0.2, -0.15) is 0 Å². The first-order chi connectivity index (χ1) is 11.2. The van der Waals surface area contributed by atoms with Gasteiger partial charge in [0.25, 0.3) is 5.91 Å². The minimum absolute atomic E-state index is 0.260. The van der Waals surface area contributed by atoms with E-state index in [4.69, 9.17) is 11.6 Å². The molecule has 0 unspecified atom stereocenters. The number of nitrogens with zero attached hydrogens (tertiary/aromatic N) is 1. The normalized spacial score (nSPS) is 10.3. The average Bonchev–Trinajstić information content (AvgIpc) is 3.02. The third-order valence-corrected chi connectivity index (χ3v) is 4.18. The lowest BCUT2D eigenvalue weighted by Gasteiger charge is -2.07. The van der Waals surface area contributed by atoms with Crippen molar-refractivity contribution in [2.75, 3.05) is 10.6 Å². The second-order valence-electron chi connectivity index (χ2n) is 4.83. The van der Waals surface area contributed by atoms with Crippen LogP contribution in [0.1, 0.15) is 16.1 Å². The van der Waals surface area contributed by atoms with E-state index in [9.17, 15) is 4.79 Å². The van der Waals surface area contributed by atoms with Crippen LogP contribution in [0, 0.1) is 0 Å². The van der Waals surface area contributed by atoms with Crippen LogP contribution < -0.4 is 10.6 Å². The Balaban J connectivity index is 1.69. The number of anilines is 2. The molecule has 4 nitrogen and oxygen atoms in total. The van der Waals surface area contributed by atoms with E-state index in [2.05, 4.69) is 15.6 Å². The summed E-state index contributed by atoms with van der Waals surface area (Å²) >= 11 is 7.33. The molecule has 3 rings (SSSR count). The van der Waals surface area contributed by atoms with Crippen LogP contribution in [0.3, 0.4) is 0 Å². The second-order valence-corrected chi connectivity index (χ2v) is 6.12. The van der Waals surface area contributed by atoms with Crippen LogP contribution in [0.4, 0.5) is 10.7 Å². The van der Waals surface area contributed by atoms with Crippen molar-refractivity contribution in [1.82, 2.24) is 4.98 Å². The zero-order valence-corrected chi connectivity index (χ0v) is 13.7. The minimum Gasteiger partial charge on any atom is -0.371 e. The van der Waals surface area contributed by atoms with Gasteiger partial charge >= 0.3 is 0 Å². The van der Waals surface area contributed by atoms with Crippen molar-refractivity contribution >= 4 is 39.5 Å². The van der Waals surface area contributed by atoms with E-state index in [1.165, 1.54) is 11.3 Å². The van der Waals surface area contributed by atoms with Crippen molar-refractivity contribution in [1.29, 1.82) is 0 Å². The first-order valence-electron chi connectivity index (χ1n) is 7.00. The molecule has 0 saturated heterocycles. The number of carbonyl (C=O) groups is 1. The Morgan fingerprint density at radius 2 is 1.96 bits per heavy atom. The highest BCUT2D eigenvalue weighted by Crippen LogP contribution is 2.23. The minimum atomic E-state index is -0.260. The fourth-order valence-corrected chi connectivity index (χ4v) is 2.93. The van der Waals surface area contributed by atoms with Crippen LogP contribution in [0.25, 0.3) is 0 Å². The summed E-state index contributed by atoms with van der Waals surface area (Å²) in [4.78, 5) is 16.5. The summed E-state index contributed by atoms with van der Waals surface area (Å²) in [6.07, 6.45) is 0. The molecule has 1 aromatic heterocycles. The monoisotopic (exact) mass is 343 g/mol. The molecule has 0 saturated carbocycles. The number of thiazole rings is 1. The lowest BCUT2D eigenvalue weighted by molar-refractivity contribution is 0.102. The summed E-state index contributed by atoms with van der Waals surface area (Å²) in [5, 5.41) is 7.38. The quantitative estimate of drug-likeness (QED) is 0.708. The summed E-state index contributed by atoms with van der Waals surface area (Å²) < 4.78 is 0. The van der Waals surface area contributed by atoms with Gasteiger partial charge in [-0.3, -0.25) is 4.79 Å². The molecule has 0 radical (unpaired) electrons. The van der Waals surface area contributed by atoms with Crippen LogP contribution >= 0.6 is 22.9 Å². The molecule has 23 heavy (non-hydrogen) atoms. The molecular weight excluding hydrogens is 330 g/mol. The molecule has 2 N–H and O–H groups in total. The first kappa shape index (κ1) is 15.5. The third kappa shape index (κ3) is 4.09. The van der Waals surface area contributed by atoms with Crippen molar-refractivity contribution < 1.29 is 4.79 Å². The molecule has 0 spiro atoms. The van der Waals surface area contributed by atoms with Crippen LogP contribution in [-0.2, 0) is 6.54 Å². The Morgan fingerprint density at radius 3 is 2.74 bits per heavy atom. The summed E-state index contributed by atoms with van der Waals surface area (Å²) in [6.45, 7) is 0.639. The number of nitrogens with one attached hydrogen (secondary N) is 2. The standard InChI is InChI=1S/C17H14ClN3OS/c18-13-7-4-8-14(9-13)21-16(22)15-17(23-11-20-15)19-10-12-5-2-1-3-6-12/h1-9,11,19H,10H2,(H,21,22). The summed E-state index contributed by atoms with van der Waals surface area (Å²) in [5.41, 5.74) is 3.82. The van der Waals surface area contributed by atoms with Crippen LogP contribution in [-0.4, -0.2) is 10.9 Å². The second kappa shape index (κ2) is 7.26. The zero-order chi connectivity index (χ0) is 16.1. The van der Waals surface area contributed by atoms with Gasteiger partial charge in [0.15, 0.2) is 5.69 Å². The van der Waals surface area contributed by atoms with E-state index < -0.39 is 0 Å². The van der Waals surface area contributed by atoms with Crippen molar-refractivity contribution in [2.45, 2.75) is 6.54 Å². The predicted octanol–water partition coefficient (Wildman–Crippen LogP) is 4.66. The van der Waals surface area contributed by atoms with Gasteiger partial charge in [-0.05, 0) is 23.8 Å². The highest BCUT2D eigenvalue weighted by molar-refractivity contribution is 7.14. The maximum absolute atomic E-state index is 12.4. The molecule has 0 fully saturated rings. The lowest BCUT2D eigenvalue weighted by atomic mass is 10.2. The average molecular weight is 344 g/mol. The Hall–Kier alpha value is -2.37. The Kier molecular flexibility index (Phi) is 4.90. The van der Waals surface area contributed by atoms with Gasteiger partial charge < -0.3 is 10.6 Å². The van der Waals surface area contributed by atoms with Crippen LogP contribution in [0.5, 0.6) is 0 Å². The van der Waals surface area contributed by atoms with E-state index in [0.29, 0.717) is 22.9 Å². The number of benzene rings is 2. The van der Waals surface area contributed by atoms with Crippen LogP contribution in [0.15, 0.2) is 60.1 Å². The molecular formula is C17H14ClN3OS. The van der Waals surface area contributed by atoms with Crippen molar-refractivity contribution in [3.05, 3.63) is 76.4 Å². The molecule has 0 bridgehead atoms. The van der Waals surface area contributed by atoms with Gasteiger partial charge in [0.2, 0.25) is 0 Å². The largest absolute Gasteiger partial charge is 0.371 e. The maximum atomic E-state index is 12.4. The first-order valence-corrected chi connectivity index (χ1v) is 8.26. The number of rotatable bonds is 5. The number of hydrogen-bond acceptors (Lipinski definition) is 4. The number of aromatic nitrogens is 1. The fraction of sp³-hybridized carbons (Fsp3) is 0.0588. The SMILES string of the molecule is O=C(Nc1cccc(Cl)c1)c1ncsc1NCc1ccccc1. The van der Waals surface area contributed by atoms with Gasteiger partial charge in [-0.25, -0.2) is 4.98 Å². The Bertz CT molecular complexity index is 804. The molecule has 1 heterocycles. The van der Waals surface area contributed by atoms with E-state index >= 15 is 0 Å². The van der Waals surface area contributed by atoms with Gasteiger partial charge in [0, 0.05) is 17.3 Å².